The van der Waals surface area contributed by atoms with Crippen LogP contribution in [0.25, 0.3) is 60.1 Å². The number of hydrogen-bond acceptors (Lipinski definition) is 1. The molecule has 0 amide bonds. The van der Waals surface area contributed by atoms with Crippen LogP contribution in [0.2, 0.25) is 0 Å². The molecule has 200 valence electrons. The summed E-state index contributed by atoms with van der Waals surface area (Å²) >= 11 is 0. The molecule has 0 atom stereocenters. The first kappa shape index (κ1) is 25.0. The van der Waals surface area contributed by atoms with Gasteiger partial charge in [-0.25, -0.2) is 4.57 Å². The second-order valence-electron chi connectivity index (χ2n) is 12.7. The maximum absolute atomic E-state index is 4.53. The molecule has 0 spiro atoms. The predicted molar refractivity (Wildman–Crippen MR) is 170 cm³/mol. The van der Waals surface area contributed by atoms with Gasteiger partial charge in [-0.2, -0.15) is 0 Å². The molecule has 4 aromatic heterocycles. The third-order valence-corrected chi connectivity index (χ3v) is 9.05. The highest BCUT2D eigenvalue weighted by atomic mass is 15.0. The Kier molecular flexibility index (Phi) is 5.48. The molecule has 0 saturated heterocycles. The molecule has 0 N–H and O–H groups in total. The zero-order chi connectivity index (χ0) is 28.0. The van der Waals surface area contributed by atoms with Crippen molar-refractivity contribution in [3.8, 4) is 11.1 Å². The Bertz CT molecular complexity index is 2080. The molecule has 3 nitrogen and oxygen atoms in total. The third-order valence-electron chi connectivity index (χ3n) is 9.05. The van der Waals surface area contributed by atoms with E-state index in [4.69, 9.17) is 0 Å². The SMILES string of the molecule is Cc1ccc2c3cnccc3n3c4cc(-c5c(C(C)C)cc(C(C)C)cc5C(C)C)cc5cc[n+](C)c(c1c23)c54. The Morgan fingerprint density at radius 2 is 1.48 bits per heavy atom. The van der Waals surface area contributed by atoms with E-state index in [2.05, 4.69) is 124 Å². The number of nitrogens with zero attached hydrogens (tertiary/aromatic N) is 3. The van der Waals surface area contributed by atoms with Crippen molar-refractivity contribution in [1.29, 1.82) is 0 Å². The molecule has 0 fully saturated rings. The maximum Gasteiger partial charge on any atom is 0.224 e. The van der Waals surface area contributed by atoms with Crippen LogP contribution in [0.1, 0.15) is 81.5 Å². The summed E-state index contributed by atoms with van der Waals surface area (Å²) in [6, 6.07) is 18.9. The summed E-state index contributed by atoms with van der Waals surface area (Å²) in [6.45, 7) is 16.2. The molecule has 4 heterocycles. The van der Waals surface area contributed by atoms with Crippen LogP contribution in [-0.4, -0.2) is 9.38 Å². The van der Waals surface area contributed by atoms with Crippen molar-refractivity contribution >= 4 is 49.0 Å². The van der Waals surface area contributed by atoms with Crippen LogP contribution in [0.5, 0.6) is 0 Å². The lowest BCUT2D eigenvalue weighted by atomic mass is 9.81. The number of hydrogen-bond donors (Lipinski definition) is 0. The summed E-state index contributed by atoms with van der Waals surface area (Å²) in [5.74, 6) is 1.35. The van der Waals surface area contributed by atoms with Crippen LogP contribution in [0.4, 0.5) is 0 Å². The average molecular weight is 525 g/mol. The number of benzene rings is 3. The van der Waals surface area contributed by atoms with Crippen LogP contribution < -0.4 is 4.57 Å². The second kappa shape index (κ2) is 8.76. The highest BCUT2D eigenvalue weighted by Crippen LogP contribution is 2.44. The van der Waals surface area contributed by atoms with E-state index in [1.807, 2.05) is 12.4 Å². The van der Waals surface area contributed by atoms with E-state index in [9.17, 15) is 0 Å². The van der Waals surface area contributed by atoms with Gasteiger partial charge in [0.05, 0.1) is 27.3 Å². The Labute approximate surface area is 236 Å². The van der Waals surface area contributed by atoms with Gasteiger partial charge >= 0.3 is 0 Å². The molecular formula is C37H38N3+. The topological polar surface area (TPSA) is 21.2 Å². The van der Waals surface area contributed by atoms with E-state index in [0.717, 1.165) is 0 Å². The van der Waals surface area contributed by atoms with E-state index in [1.165, 1.54) is 82.4 Å². The molecule has 7 aromatic rings. The number of aryl methyl sites for hydroxylation is 2. The van der Waals surface area contributed by atoms with E-state index >= 15 is 0 Å². The summed E-state index contributed by atoms with van der Waals surface area (Å²) in [4.78, 5) is 4.53. The molecule has 3 heteroatoms. The van der Waals surface area contributed by atoms with Crippen LogP contribution >= 0.6 is 0 Å². The first-order chi connectivity index (χ1) is 19.2. The van der Waals surface area contributed by atoms with E-state index in [-0.39, 0.29) is 0 Å². The van der Waals surface area contributed by atoms with Crippen molar-refractivity contribution in [2.45, 2.75) is 66.2 Å². The number of aromatic nitrogens is 3. The van der Waals surface area contributed by atoms with Gasteiger partial charge < -0.3 is 4.40 Å². The molecule has 0 aliphatic carbocycles. The predicted octanol–water partition coefficient (Wildman–Crippen LogP) is 9.56. The highest BCUT2D eigenvalue weighted by Gasteiger charge is 2.26. The van der Waals surface area contributed by atoms with Gasteiger partial charge in [0.2, 0.25) is 5.52 Å². The Morgan fingerprint density at radius 1 is 0.750 bits per heavy atom. The lowest BCUT2D eigenvalue weighted by molar-refractivity contribution is -0.643. The zero-order valence-electron chi connectivity index (χ0n) is 24.9. The van der Waals surface area contributed by atoms with Crippen LogP contribution in [0.15, 0.2) is 67.1 Å². The van der Waals surface area contributed by atoms with Gasteiger partial charge in [-0.3, -0.25) is 4.98 Å². The van der Waals surface area contributed by atoms with Crippen LogP contribution in [0.3, 0.4) is 0 Å². The van der Waals surface area contributed by atoms with Crippen molar-refractivity contribution in [3.63, 3.8) is 0 Å². The average Bonchev–Trinajstić information content (AvgIpc) is 3.27. The van der Waals surface area contributed by atoms with Crippen molar-refractivity contribution in [2.24, 2.45) is 7.05 Å². The molecule has 0 aliphatic rings. The largest absolute Gasteiger partial charge is 0.307 e. The molecule has 0 radical (unpaired) electrons. The number of rotatable bonds is 4. The maximum atomic E-state index is 4.53. The summed E-state index contributed by atoms with van der Waals surface area (Å²) < 4.78 is 4.82. The van der Waals surface area contributed by atoms with Crippen molar-refractivity contribution < 1.29 is 4.57 Å². The second-order valence-corrected chi connectivity index (χ2v) is 12.7. The van der Waals surface area contributed by atoms with Crippen molar-refractivity contribution in [1.82, 2.24) is 9.38 Å². The van der Waals surface area contributed by atoms with Gasteiger partial charge in [0, 0.05) is 29.2 Å². The number of fused-ring (bicyclic) bond motifs is 5. The minimum absolute atomic E-state index is 0.427. The minimum atomic E-state index is 0.427. The molecule has 0 saturated carbocycles. The van der Waals surface area contributed by atoms with E-state index in [1.54, 1.807) is 0 Å². The normalized spacial score (nSPS) is 12.7. The zero-order valence-corrected chi connectivity index (χ0v) is 24.9. The lowest BCUT2D eigenvalue weighted by Gasteiger charge is -2.24. The highest BCUT2D eigenvalue weighted by molar-refractivity contribution is 6.26. The Morgan fingerprint density at radius 3 is 2.15 bits per heavy atom. The summed E-state index contributed by atoms with van der Waals surface area (Å²) in [5.41, 5.74) is 13.4. The molecule has 0 bridgehead atoms. The van der Waals surface area contributed by atoms with Gasteiger partial charge in [-0.05, 0) is 81.6 Å². The first-order valence-corrected chi connectivity index (χ1v) is 14.7. The molecular weight excluding hydrogens is 486 g/mol. The molecule has 0 unspecified atom stereocenters. The van der Waals surface area contributed by atoms with Crippen molar-refractivity contribution in [3.05, 3.63) is 89.4 Å². The Hall–Kier alpha value is -3.98. The van der Waals surface area contributed by atoms with Crippen molar-refractivity contribution in [2.75, 3.05) is 0 Å². The first-order valence-electron chi connectivity index (χ1n) is 14.7. The van der Waals surface area contributed by atoms with E-state index < -0.39 is 0 Å². The summed E-state index contributed by atoms with van der Waals surface area (Å²) in [7, 11) is 2.18. The van der Waals surface area contributed by atoms with Gasteiger partial charge in [-0.1, -0.05) is 65.8 Å². The van der Waals surface area contributed by atoms with Gasteiger partial charge in [0.1, 0.15) is 7.05 Å². The van der Waals surface area contributed by atoms with E-state index in [0.29, 0.717) is 17.8 Å². The minimum Gasteiger partial charge on any atom is -0.307 e. The summed E-state index contributed by atoms with van der Waals surface area (Å²) in [6.07, 6.45) is 6.19. The lowest BCUT2D eigenvalue weighted by Crippen LogP contribution is -2.28. The molecule has 7 rings (SSSR count). The molecule has 3 aromatic carbocycles. The smallest absolute Gasteiger partial charge is 0.224 e. The fourth-order valence-corrected chi connectivity index (χ4v) is 6.99. The standard InChI is InChI=1S/C37H38N3/c1-20(2)25-16-28(21(3)4)34(29(17-25)22(5)6)26-15-24-12-14-39(8)37-33-23(7)9-10-27-30-19-38-13-11-31(30)40(36(27)33)32(18-26)35(24)37/h9-22H,1-8H3/q+1. The fraction of sp³-hybridized carbons (Fsp3) is 0.297. The fourth-order valence-electron chi connectivity index (χ4n) is 6.99. The number of pyridine rings is 3. The quantitative estimate of drug-likeness (QED) is 0.128. The van der Waals surface area contributed by atoms with Gasteiger partial charge in [-0.15, -0.1) is 0 Å². The van der Waals surface area contributed by atoms with Gasteiger partial charge in [0.25, 0.3) is 0 Å². The summed E-state index contributed by atoms with van der Waals surface area (Å²) in [5, 5.41) is 6.41. The van der Waals surface area contributed by atoms with Crippen LogP contribution in [-0.2, 0) is 7.05 Å². The van der Waals surface area contributed by atoms with Crippen LogP contribution in [0, 0.1) is 6.92 Å². The third kappa shape index (κ3) is 3.36. The monoisotopic (exact) mass is 524 g/mol. The Balaban J connectivity index is 1.74. The molecule has 40 heavy (non-hydrogen) atoms. The van der Waals surface area contributed by atoms with Gasteiger partial charge in [0.15, 0.2) is 6.20 Å². The molecule has 0 aliphatic heterocycles.